The van der Waals surface area contributed by atoms with Crippen LogP contribution in [0.3, 0.4) is 0 Å². The van der Waals surface area contributed by atoms with Crippen molar-refractivity contribution in [3.05, 3.63) is 34.6 Å². The van der Waals surface area contributed by atoms with Gasteiger partial charge in [0.15, 0.2) is 0 Å². The number of nitrogens with zero attached hydrogens (tertiary/aromatic N) is 2. The van der Waals surface area contributed by atoms with Crippen LogP contribution in [0.2, 0.25) is 0 Å². The second-order valence-corrected chi connectivity index (χ2v) is 3.42. The van der Waals surface area contributed by atoms with Crippen LogP contribution >= 0.6 is 15.9 Å². The van der Waals surface area contributed by atoms with E-state index in [2.05, 4.69) is 34.0 Å². The Hall–Kier alpha value is -0.830. The summed E-state index contributed by atoms with van der Waals surface area (Å²) in [5, 5.41) is 4.16. The van der Waals surface area contributed by atoms with Crippen molar-refractivity contribution in [1.29, 1.82) is 0 Å². The van der Waals surface area contributed by atoms with Crippen molar-refractivity contribution in [3.63, 3.8) is 0 Å². The SMILES string of the molecule is CC.Cc1cnn2ccc(Br)cc12. The highest BCUT2D eigenvalue weighted by Crippen LogP contribution is 2.15. The first-order valence-corrected chi connectivity index (χ1v) is 5.16. The molecule has 2 aromatic rings. The Morgan fingerprint density at radius 2 is 2.08 bits per heavy atom. The molecule has 0 aliphatic heterocycles. The Balaban J connectivity index is 0.000000396. The smallest absolute Gasteiger partial charge is 0.0701 e. The predicted octanol–water partition coefficient (Wildman–Crippen LogP) is 3.43. The summed E-state index contributed by atoms with van der Waals surface area (Å²) >= 11 is 3.41. The first-order valence-electron chi connectivity index (χ1n) is 4.37. The summed E-state index contributed by atoms with van der Waals surface area (Å²) in [4.78, 5) is 0. The van der Waals surface area contributed by atoms with Crippen LogP contribution in [0.1, 0.15) is 19.4 Å². The van der Waals surface area contributed by atoms with Crippen molar-refractivity contribution < 1.29 is 0 Å². The van der Waals surface area contributed by atoms with Gasteiger partial charge in [0, 0.05) is 10.7 Å². The van der Waals surface area contributed by atoms with Gasteiger partial charge in [0.1, 0.15) is 0 Å². The number of aromatic nitrogens is 2. The fraction of sp³-hybridized carbons (Fsp3) is 0.300. The first-order chi connectivity index (χ1) is 6.27. The predicted molar refractivity (Wildman–Crippen MR) is 59.0 cm³/mol. The zero-order valence-electron chi connectivity index (χ0n) is 8.08. The third-order valence-corrected chi connectivity index (χ3v) is 2.17. The molecule has 0 N–H and O–H groups in total. The summed E-state index contributed by atoms with van der Waals surface area (Å²) in [5.41, 5.74) is 2.35. The Labute approximate surface area is 86.7 Å². The minimum Gasteiger partial charge on any atom is -0.241 e. The van der Waals surface area contributed by atoms with E-state index in [9.17, 15) is 0 Å². The molecule has 13 heavy (non-hydrogen) atoms. The van der Waals surface area contributed by atoms with E-state index in [0.717, 1.165) is 9.99 Å². The molecule has 0 atom stereocenters. The molecule has 0 aromatic carbocycles. The van der Waals surface area contributed by atoms with Crippen LogP contribution in [0.25, 0.3) is 5.52 Å². The third kappa shape index (κ3) is 2.10. The third-order valence-electron chi connectivity index (χ3n) is 1.68. The van der Waals surface area contributed by atoms with Gasteiger partial charge < -0.3 is 0 Å². The Bertz CT molecular complexity index is 393. The van der Waals surface area contributed by atoms with E-state index >= 15 is 0 Å². The lowest BCUT2D eigenvalue weighted by atomic mass is 10.3. The van der Waals surface area contributed by atoms with Gasteiger partial charge in [-0.15, -0.1) is 0 Å². The quantitative estimate of drug-likeness (QED) is 0.690. The molecule has 0 radical (unpaired) electrons. The van der Waals surface area contributed by atoms with E-state index in [0.29, 0.717) is 0 Å². The minimum atomic E-state index is 1.09. The second-order valence-electron chi connectivity index (χ2n) is 2.50. The maximum Gasteiger partial charge on any atom is 0.0701 e. The van der Waals surface area contributed by atoms with Gasteiger partial charge in [-0.3, -0.25) is 0 Å². The van der Waals surface area contributed by atoms with Gasteiger partial charge in [0.2, 0.25) is 0 Å². The summed E-state index contributed by atoms with van der Waals surface area (Å²) in [5.74, 6) is 0. The van der Waals surface area contributed by atoms with Gasteiger partial charge >= 0.3 is 0 Å². The van der Waals surface area contributed by atoms with E-state index in [1.165, 1.54) is 5.56 Å². The number of hydrogen-bond acceptors (Lipinski definition) is 1. The molecule has 0 aliphatic rings. The average molecular weight is 241 g/mol. The lowest BCUT2D eigenvalue weighted by Gasteiger charge is -1.93. The molecule has 0 bridgehead atoms. The maximum absolute atomic E-state index is 4.16. The topological polar surface area (TPSA) is 17.3 Å². The van der Waals surface area contributed by atoms with E-state index in [-0.39, 0.29) is 0 Å². The molecule has 0 spiro atoms. The van der Waals surface area contributed by atoms with Crippen molar-refractivity contribution in [2.75, 3.05) is 0 Å². The lowest BCUT2D eigenvalue weighted by Crippen LogP contribution is -1.84. The monoisotopic (exact) mass is 240 g/mol. The standard InChI is InChI=1S/C8H7BrN2.C2H6/c1-6-5-10-11-3-2-7(9)4-8(6)11;1-2/h2-5H,1H3;1-2H3. The van der Waals surface area contributed by atoms with Crippen LogP contribution in [-0.2, 0) is 0 Å². The molecule has 70 valence electrons. The summed E-state index contributed by atoms with van der Waals surface area (Å²) < 4.78 is 2.95. The zero-order valence-corrected chi connectivity index (χ0v) is 9.67. The van der Waals surface area contributed by atoms with Gasteiger partial charge in [-0.05, 0) is 24.6 Å². The highest BCUT2D eigenvalue weighted by molar-refractivity contribution is 9.10. The summed E-state index contributed by atoms with van der Waals surface area (Å²) in [6.07, 6.45) is 3.80. The largest absolute Gasteiger partial charge is 0.241 e. The number of fused-ring (bicyclic) bond motifs is 1. The van der Waals surface area contributed by atoms with E-state index in [1.54, 1.807) is 0 Å². The van der Waals surface area contributed by atoms with Gasteiger partial charge in [-0.1, -0.05) is 29.8 Å². The molecule has 2 nitrogen and oxygen atoms in total. The number of pyridine rings is 1. The number of hydrogen-bond donors (Lipinski definition) is 0. The van der Waals surface area contributed by atoms with Gasteiger partial charge in [-0.25, -0.2) is 4.52 Å². The minimum absolute atomic E-state index is 1.09. The molecule has 2 rings (SSSR count). The molecule has 0 amide bonds. The molecule has 0 saturated carbocycles. The molecular formula is C10H13BrN2. The highest BCUT2D eigenvalue weighted by Gasteiger charge is 1.97. The second kappa shape index (κ2) is 4.42. The molecule has 2 heterocycles. The normalized spacial score (nSPS) is 9.54. The maximum atomic E-state index is 4.16. The van der Waals surface area contributed by atoms with Crippen molar-refractivity contribution in [2.24, 2.45) is 0 Å². The van der Waals surface area contributed by atoms with Gasteiger partial charge in [0.05, 0.1) is 11.7 Å². The Kier molecular flexibility index (Phi) is 3.48. The first kappa shape index (κ1) is 10.3. The number of rotatable bonds is 0. The van der Waals surface area contributed by atoms with Crippen LogP contribution in [0.4, 0.5) is 0 Å². The van der Waals surface area contributed by atoms with Crippen molar-refractivity contribution in [1.82, 2.24) is 9.61 Å². The molecular weight excluding hydrogens is 228 g/mol. The fourth-order valence-corrected chi connectivity index (χ4v) is 1.41. The van der Waals surface area contributed by atoms with Crippen LogP contribution in [0, 0.1) is 6.92 Å². The van der Waals surface area contributed by atoms with Crippen LogP contribution in [0.15, 0.2) is 29.0 Å². The zero-order chi connectivity index (χ0) is 9.84. The van der Waals surface area contributed by atoms with E-state index in [1.807, 2.05) is 36.8 Å². The molecule has 0 saturated heterocycles. The van der Waals surface area contributed by atoms with Gasteiger partial charge in [-0.2, -0.15) is 5.10 Å². The van der Waals surface area contributed by atoms with Crippen LogP contribution in [-0.4, -0.2) is 9.61 Å². The molecule has 0 aliphatic carbocycles. The van der Waals surface area contributed by atoms with E-state index in [4.69, 9.17) is 0 Å². The Morgan fingerprint density at radius 3 is 2.77 bits per heavy atom. The van der Waals surface area contributed by atoms with Crippen molar-refractivity contribution in [3.8, 4) is 0 Å². The van der Waals surface area contributed by atoms with Crippen LogP contribution in [0.5, 0.6) is 0 Å². The lowest BCUT2D eigenvalue weighted by molar-refractivity contribution is 0.959. The van der Waals surface area contributed by atoms with Crippen LogP contribution < -0.4 is 0 Å². The van der Waals surface area contributed by atoms with Gasteiger partial charge in [0.25, 0.3) is 0 Å². The Morgan fingerprint density at radius 1 is 1.38 bits per heavy atom. The summed E-state index contributed by atoms with van der Waals surface area (Å²) in [7, 11) is 0. The highest BCUT2D eigenvalue weighted by atomic mass is 79.9. The summed E-state index contributed by atoms with van der Waals surface area (Å²) in [6.45, 7) is 6.05. The van der Waals surface area contributed by atoms with Crippen molar-refractivity contribution in [2.45, 2.75) is 20.8 Å². The molecule has 3 heteroatoms. The van der Waals surface area contributed by atoms with Crippen molar-refractivity contribution >= 4 is 21.4 Å². The molecule has 0 fully saturated rings. The number of halogens is 1. The average Bonchev–Trinajstić information content (AvgIpc) is 2.52. The summed E-state index contributed by atoms with van der Waals surface area (Å²) in [6, 6.07) is 4.03. The molecule has 2 aromatic heterocycles. The number of aryl methyl sites for hydroxylation is 1. The van der Waals surface area contributed by atoms with E-state index < -0.39 is 0 Å². The molecule has 0 unspecified atom stereocenters. The fourth-order valence-electron chi connectivity index (χ4n) is 1.08.